The summed E-state index contributed by atoms with van der Waals surface area (Å²) in [7, 11) is 0. The molecule has 88 valence electrons. The molecule has 5 heteroatoms. The van der Waals surface area contributed by atoms with Gasteiger partial charge in [0.2, 0.25) is 0 Å². The monoisotopic (exact) mass is 235 g/mol. The number of benzene rings is 1. The molecule has 1 unspecified atom stereocenters. The molecule has 1 aromatic carbocycles. The number of nitrogens with zero attached hydrogens (tertiary/aromatic N) is 2. The summed E-state index contributed by atoms with van der Waals surface area (Å²) < 4.78 is 25.9. The van der Waals surface area contributed by atoms with Crippen molar-refractivity contribution in [2.24, 2.45) is 0 Å². The van der Waals surface area contributed by atoms with Crippen LogP contribution >= 0.6 is 0 Å². The van der Waals surface area contributed by atoms with Crippen LogP contribution in [-0.4, -0.2) is 9.97 Å². The Morgan fingerprint density at radius 2 is 1.82 bits per heavy atom. The van der Waals surface area contributed by atoms with Crippen molar-refractivity contribution in [3.05, 3.63) is 54.1 Å². The van der Waals surface area contributed by atoms with E-state index in [0.717, 1.165) is 6.07 Å². The van der Waals surface area contributed by atoms with Crippen molar-refractivity contribution in [3.63, 3.8) is 0 Å². The third-order valence-corrected chi connectivity index (χ3v) is 2.27. The van der Waals surface area contributed by atoms with Crippen molar-refractivity contribution in [3.8, 4) is 0 Å². The van der Waals surface area contributed by atoms with Crippen LogP contribution in [-0.2, 0) is 0 Å². The number of rotatable bonds is 3. The van der Waals surface area contributed by atoms with Crippen molar-refractivity contribution in [1.82, 2.24) is 9.97 Å². The van der Waals surface area contributed by atoms with Crippen LogP contribution in [0.4, 0.5) is 14.5 Å². The van der Waals surface area contributed by atoms with E-state index in [1.807, 2.05) is 6.92 Å². The maximum absolute atomic E-state index is 13.0. The van der Waals surface area contributed by atoms with Crippen LogP contribution in [0.2, 0.25) is 0 Å². The standard InChI is InChI=1S/C12H11F2N3/c1-8(12-7-15-2-3-16-12)17-11-5-9(13)4-10(14)6-11/h2-8,17H,1H3. The molecule has 2 rings (SSSR count). The van der Waals surface area contributed by atoms with Gasteiger partial charge in [-0.25, -0.2) is 8.78 Å². The van der Waals surface area contributed by atoms with Gasteiger partial charge in [0.05, 0.1) is 17.9 Å². The zero-order valence-corrected chi connectivity index (χ0v) is 9.19. The second-order valence-corrected chi connectivity index (χ2v) is 3.65. The number of anilines is 1. The van der Waals surface area contributed by atoms with E-state index < -0.39 is 11.6 Å². The second-order valence-electron chi connectivity index (χ2n) is 3.65. The fourth-order valence-corrected chi connectivity index (χ4v) is 1.50. The fourth-order valence-electron chi connectivity index (χ4n) is 1.50. The summed E-state index contributed by atoms with van der Waals surface area (Å²) in [5.41, 5.74) is 1.08. The summed E-state index contributed by atoms with van der Waals surface area (Å²) in [6, 6.07) is 3.12. The third-order valence-electron chi connectivity index (χ3n) is 2.27. The van der Waals surface area contributed by atoms with Gasteiger partial charge in [0.25, 0.3) is 0 Å². The molecule has 0 spiro atoms. The zero-order chi connectivity index (χ0) is 12.3. The maximum Gasteiger partial charge on any atom is 0.128 e. The number of hydrogen-bond donors (Lipinski definition) is 1. The van der Waals surface area contributed by atoms with Crippen LogP contribution in [0.15, 0.2) is 36.8 Å². The first-order valence-electron chi connectivity index (χ1n) is 5.13. The van der Waals surface area contributed by atoms with Gasteiger partial charge in [0, 0.05) is 24.1 Å². The molecule has 0 saturated heterocycles. The predicted octanol–water partition coefficient (Wildman–Crippen LogP) is 2.93. The molecule has 1 N–H and O–H groups in total. The Hall–Kier alpha value is -2.04. The van der Waals surface area contributed by atoms with E-state index >= 15 is 0 Å². The maximum atomic E-state index is 13.0. The van der Waals surface area contributed by atoms with Crippen LogP contribution < -0.4 is 5.32 Å². The highest BCUT2D eigenvalue weighted by molar-refractivity contribution is 5.45. The molecule has 0 aliphatic carbocycles. The minimum atomic E-state index is -0.612. The van der Waals surface area contributed by atoms with Gasteiger partial charge in [0.15, 0.2) is 0 Å². The Labute approximate surface area is 97.5 Å². The van der Waals surface area contributed by atoms with Gasteiger partial charge >= 0.3 is 0 Å². The highest BCUT2D eigenvalue weighted by Crippen LogP contribution is 2.19. The summed E-state index contributed by atoms with van der Waals surface area (Å²) in [6.07, 6.45) is 4.74. The SMILES string of the molecule is CC(Nc1cc(F)cc(F)c1)c1cnccn1. The molecule has 0 fully saturated rings. The van der Waals surface area contributed by atoms with E-state index in [-0.39, 0.29) is 6.04 Å². The first-order valence-corrected chi connectivity index (χ1v) is 5.13. The molecule has 1 atom stereocenters. The van der Waals surface area contributed by atoms with Crippen molar-refractivity contribution in [1.29, 1.82) is 0 Å². The summed E-state index contributed by atoms with van der Waals surface area (Å²) >= 11 is 0. The smallest absolute Gasteiger partial charge is 0.128 e. The fraction of sp³-hybridized carbons (Fsp3) is 0.167. The van der Waals surface area contributed by atoms with Crippen molar-refractivity contribution < 1.29 is 8.78 Å². The lowest BCUT2D eigenvalue weighted by atomic mass is 10.2. The molecule has 0 aliphatic heterocycles. The van der Waals surface area contributed by atoms with Crippen molar-refractivity contribution in [2.45, 2.75) is 13.0 Å². The Morgan fingerprint density at radius 1 is 1.12 bits per heavy atom. The van der Waals surface area contributed by atoms with E-state index in [4.69, 9.17) is 0 Å². The average Bonchev–Trinajstić information content (AvgIpc) is 2.28. The largest absolute Gasteiger partial charge is 0.377 e. The van der Waals surface area contributed by atoms with Crippen LogP contribution in [0.5, 0.6) is 0 Å². The van der Waals surface area contributed by atoms with E-state index in [9.17, 15) is 8.78 Å². The molecule has 0 aliphatic rings. The van der Waals surface area contributed by atoms with Gasteiger partial charge in [0.1, 0.15) is 11.6 Å². The normalized spacial score (nSPS) is 12.2. The predicted molar refractivity (Wildman–Crippen MR) is 60.4 cm³/mol. The zero-order valence-electron chi connectivity index (χ0n) is 9.19. The summed E-state index contributed by atoms with van der Waals surface area (Å²) in [4.78, 5) is 8.04. The Kier molecular flexibility index (Phi) is 3.27. The highest BCUT2D eigenvalue weighted by atomic mass is 19.1. The highest BCUT2D eigenvalue weighted by Gasteiger charge is 2.08. The molecule has 0 bridgehead atoms. The minimum absolute atomic E-state index is 0.176. The molecule has 3 nitrogen and oxygen atoms in total. The van der Waals surface area contributed by atoms with Gasteiger partial charge in [-0.3, -0.25) is 9.97 Å². The third kappa shape index (κ3) is 2.96. The average molecular weight is 235 g/mol. The van der Waals surface area contributed by atoms with Gasteiger partial charge in [-0.1, -0.05) is 0 Å². The summed E-state index contributed by atoms with van der Waals surface area (Å²) in [6.45, 7) is 1.84. The van der Waals surface area contributed by atoms with Gasteiger partial charge in [-0.15, -0.1) is 0 Å². The second kappa shape index (κ2) is 4.86. The minimum Gasteiger partial charge on any atom is -0.377 e. The van der Waals surface area contributed by atoms with Crippen LogP contribution in [0.3, 0.4) is 0 Å². The molecule has 1 aromatic heterocycles. The number of nitrogens with one attached hydrogen (secondary N) is 1. The van der Waals surface area contributed by atoms with Crippen LogP contribution in [0.1, 0.15) is 18.7 Å². The van der Waals surface area contributed by atoms with Gasteiger partial charge in [-0.2, -0.15) is 0 Å². The number of hydrogen-bond acceptors (Lipinski definition) is 3. The molecule has 0 radical (unpaired) electrons. The van der Waals surface area contributed by atoms with Crippen LogP contribution in [0.25, 0.3) is 0 Å². The van der Waals surface area contributed by atoms with Crippen molar-refractivity contribution >= 4 is 5.69 Å². The lowest BCUT2D eigenvalue weighted by Gasteiger charge is -2.14. The molecule has 2 aromatic rings. The molecule has 17 heavy (non-hydrogen) atoms. The van der Waals surface area contributed by atoms with Crippen LogP contribution in [0, 0.1) is 11.6 Å². The quantitative estimate of drug-likeness (QED) is 0.888. The lowest BCUT2D eigenvalue weighted by Crippen LogP contribution is -2.09. The Balaban J connectivity index is 2.16. The van der Waals surface area contributed by atoms with Gasteiger partial charge < -0.3 is 5.32 Å². The summed E-state index contributed by atoms with van der Waals surface area (Å²) in [5, 5.41) is 2.96. The molecule has 1 heterocycles. The van der Waals surface area contributed by atoms with E-state index in [1.54, 1.807) is 18.6 Å². The van der Waals surface area contributed by atoms with Crippen molar-refractivity contribution in [2.75, 3.05) is 5.32 Å². The first-order chi connectivity index (χ1) is 8.15. The van der Waals surface area contributed by atoms with E-state index in [0.29, 0.717) is 11.4 Å². The van der Waals surface area contributed by atoms with E-state index in [1.165, 1.54) is 12.1 Å². The van der Waals surface area contributed by atoms with Gasteiger partial charge in [-0.05, 0) is 19.1 Å². The number of aromatic nitrogens is 2. The topological polar surface area (TPSA) is 37.8 Å². The lowest BCUT2D eigenvalue weighted by molar-refractivity contribution is 0.583. The number of halogens is 2. The molecule has 0 saturated carbocycles. The molecule has 0 amide bonds. The Morgan fingerprint density at radius 3 is 2.41 bits per heavy atom. The molecular weight excluding hydrogens is 224 g/mol. The molecular formula is C12H11F2N3. The summed E-state index contributed by atoms with van der Waals surface area (Å²) in [5.74, 6) is -1.22. The van der Waals surface area contributed by atoms with E-state index in [2.05, 4.69) is 15.3 Å². The Bertz CT molecular complexity index is 482. The first kappa shape index (κ1) is 11.4.